The second kappa shape index (κ2) is 6.48. The monoisotopic (exact) mass is 198 g/mol. The van der Waals surface area contributed by atoms with Crippen LogP contribution in [0.4, 0.5) is 0 Å². The van der Waals surface area contributed by atoms with Gasteiger partial charge in [-0.3, -0.25) is 0 Å². The van der Waals surface area contributed by atoms with E-state index < -0.39 is 0 Å². The first-order valence-corrected chi connectivity index (χ1v) is 6.45. The molecule has 0 fully saturated rings. The highest BCUT2D eigenvalue weighted by Gasteiger charge is 2.28. The molecule has 0 radical (unpaired) electrons. The third kappa shape index (κ3) is 3.63. The van der Waals surface area contributed by atoms with Gasteiger partial charge >= 0.3 is 0 Å². The Labute approximate surface area is 91.5 Å². The molecule has 0 aliphatic carbocycles. The van der Waals surface area contributed by atoms with Crippen molar-refractivity contribution in [3.05, 3.63) is 0 Å². The number of rotatable bonds is 6. The molecule has 86 valence electrons. The van der Waals surface area contributed by atoms with Crippen molar-refractivity contribution in [3.63, 3.8) is 0 Å². The number of hydrogen-bond acceptors (Lipinski definition) is 0. The fraction of sp³-hybridized carbons (Fsp3) is 1.00. The zero-order chi connectivity index (χ0) is 11.3. The summed E-state index contributed by atoms with van der Waals surface area (Å²) < 4.78 is 0. The van der Waals surface area contributed by atoms with E-state index in [9.17, 15) is 0 Å². The van der Waals surface area contributed by atoms with Gasteiger partial charge in [0.25, 0.3) is 0 Å². The topological polar surface area (TPSA) is 0 Å². The first-order chi connectivity index (χ1) is 6.45. The molecule has 0 rings (SSSR count). The molecule has 0 saturated carbocycles. The van der Waals surface area contributed by atoms with Crippen LogP contribution < -0.4 is 0 Å². The second-order valence-corrected chi connectivity index (χ2v) is 5.52. The fourth-order valence-corrected chi connectivity index (χ4v) is 3.12. The summed E-state index contributed by atoms with van der Waals surface area (Å²) in [7, 11) is 0. The van der Waals surface area contributed by atoms with Gasteiger partial charge in [0.2, 0.25) is 0 Å². The predicted octanol–water partition coefficient (Wildman–Crippen LogP) is 4.99. The normalized spacial score (nSPS) is 16.7. The molecular weight excluding hydrogens is 168 g/mol. The van der Waals surface area contributed by atoms with Gasteiger partial charge in [-0.2, -0.15) is 0 Å². The van der Waals surface area contributed by atoms with Crippen LogP contribution in [0.5, 0.6) is 0 Å². The van der Waals surface area contributed by atoms with Crippen molar-refractivity contribution in [1.82, 2.24) is 0 Å². The average molecular weight is 198 g/mol. The zero-order valence-corrected chi connectivity index (χ0v) is 11.3. The maximum atomic E-state index is 2.42. The third-order valence-electron chi connectivity index (χ3n) is 3.88. The Morgan fingerprint density at radius 3 is 1.36 bits per heavy atom. The predicted molar refractivity (Wildman–Crippen MR) is 66.4 cm³/mol. The molecule has 0 spiro atoms. The van der Waals surface area contributed by atoms with Crippen LogP contribution in [0, 0.1) is 29.6 Å². The van der Waals surface area contributed by atoms with Crippen LogP contribution in [0.1, 0.15) is 61.3 Å². The summed E-state index contributed by atoms with van der Waals surface area (Å²) in [6, 6.07) is 0. The van der Waals surface area contributed by atoms with E-state index >= 15 is 0 Å². The van der Waals surface area contributed by atoms with Crippen molar-refractivity contribution in [2.45, 2.75) is 61.3 Å². The molecule has 0 aliphatic rings. The minimum atomic E-state index is 0.828. The smallest absolute Gasteiger partial charge is 0.0337 e. The molecule has 2 atom stereocenters. The largest absolute Gasteiger partial charge is 0.0651 e. The maximum Gasteiger partial charge on any atom is -0.0337 e. The van der Waals surface area contributed by atoms with Gasteiger partial charge in [-0.15, -0.1) is 0 Å². The number of hydrogen-bond donors (Lipinski definition) is 0. The van der Waals surface area contributed by atoms with Crippen LogP contribution in [-0.2, 0) is 0 Å². The fourth-order valence-electron chi connectivity index (χ4n) is 3.12. The van der Waals surface area contributed by atoms with Crippen LogP contribution in [-0.4, -0.2) is 0 Å². The molecule has 0 saturated heterocycles. The molecule has 14 heavy (non-hydrogen) atoms. The van der Waals surface area contributed by atoms with Gasteiger partial charge in [-0.25, -0.2) is 0 Å². The van der Waals surface area contributed by atoms with Gasteiger partial charge < -0.3 is 0 Å². The van der Waals surface area contributed by atoms with Crippen molar-refractivity contribution in [2.75, 3.05) is 0 Å². The van der Waals surface area contributed by atoms with Crippen molar-refractivity contribution in [1.29, 1.82) is 0 Å². The molecule has 0 heterocycles. The molecule has 0 bridgehead atoms. The van der Waals surface area contributed by atoms with E-state index in [1.807, 2.05) is 0 Å². The molecule has 0 heteroatoms. The van der Waals surface area contributed by atoms with Crippen LogP contribution in [0.15, 0.2) is 0 Å². The van der Waals surface area contributed by atoms with Crippen LogP contribution >= 0.6 is 0 Å². The molecular formula is C14H30. The highest BCUT2D eigenvalue weighted by atomic mass is 14.3. The third-order valence-corrected chi connectivity index (χ3v) is 3.88. The quantitative estimate of drug-likeness (QED) is 0.564. The summed E-state index contributed by atoms with van der Waals surface area (Å²) in [5.41, 5.74) is 0. The van der Waals surface area contributed by atoms with Gasteiger partial charge in [0.05, 0.1) is 0 Å². The first-order valence-electron chi connectivity index (χ1n) is 6.45. The van der Waals surface area contributed by atoms with E-state index in [1.165, 1.54) is 12.8 Å². The van der Waals surface area contributed by atoms with Gasteiger partial charge in [-0.1, -0.05) is 61.3 Å². The highest BCUT2D eigenvalue weighted by molar-refractivity contribution is 4.78. The molecule has 0 aromatic carbocycles. The van der Waals surface area contributed by atoms with Gasteiger partial charge in [0.1, 0.15) is 0 Å². The lowest BCUT2D eigenvalue weighted by atomic mass is 9.69. The van der Waals surface area contributed by atoms with Gasteiger partial charge in [-0.05, 0) is 29.6 Å². The second-order valence-electron chi connectivity index (χ2n) is 5.52. The minimum Gasteiger partial charge on any atom is -0.0651 e. The lowest BCUT2D eigenvalue weighted by Crippen LogP contribution is -2.29. The van der Waals surface area contributed by atoms with E-state index in [-0.39, 0.29) is 0 Å². The molecule has 0 nitrogen and oxygen atoms in total. The van der Waals surface area contributed by atoms with Crippen molar-refractivity contribution >= 4 is 0 Å². The maximum absolute atomic E-state index is 2.42. The van der Waals surface area contributed by atoms with Gasteiger partial charge in [0.15, 0.2) is 0 Å². The summed E-state index contributed by atoms with van der Waals surface area (Å²) in [6.45, 7) is 16.6. The Kier molecular flexibility index (Phi) is 6.48. The van der Waals surface area contributed by atoms with E-state index in [2.05, 4.69) is 48.5 Å². The molecule has 0 aliphatic heterocycles. The lowest BCUT2D eigenvalue weighted by molar-refractivity contribution is 0.129. The molecule has 2 unspecified atom stereocenters. The van der Waals surface area contributed by atoms with Crippen molar-refractivity contribution in [2.24, 2.45) is 29.6 Å². The summed E-state index contributed by atoms with van der Waals surface area (Å²) in [5, 5.41) is 0. The Hall–Kier alpha value is 0. The highest BCUT2D eigenvalue weighted by Crippen LogP contribution is 2.36. The van der Waals surface area contributed by atoms with Crippen LogP contribution in [0.3, 0.4) is 0 Å². The first kappa shape index (κ1) is 14.0. The summed E-state index contributed by atoms with van der Waals surface area (Å²) in [4.78, 5) is 0. The van der Waals surface area contributed by atoms with Crippen molar-refractivity contribution < 1.29 is 0 Å². The Bertz CT molecular complexity index is 127. The molecule has 0 aromatic heterocycles. The van der Waals surface area contributed by atoms with E-state index in [1.54, 1.807) is 0 Å². The minimum absolute atomic E-state index is 0.828. The van der Waals surface area contributed by atoms with E-state index in [0.29, 0.717) is 0 Å². The Morgan fingerprint density at radius 2 is 1.14 bits per heavy atom. The Balaban J connectivity index is 4.58. The molecule has 0 aromatic rings. The van der Waals surface area contributed by atoms with Crippen molar-refractivity contribution in [3.8, 4) is 0 Å². The summed E-state index contributed by atoms with van der Waals surface area (Å²) in [5.74, 6) is 4.35. The molecule has 0 amide bonds. The summed E-state index contributed by atoms with van der Waals surface area (Å²) in [6.07, 6.45) is 2.67. The standard InChI is InChI=1S/C14H30/c1-8-12(7)13(9-2)14(10(3)4)11(5)6/h10-14H,8-9H2,1-7H3. The SMILES string of the molecule is CCC(C)C(CC)C(C(C)C)C(C)C. The van der Waals surface area contributed by atoms with Crippen LogP contribution in [0.2, 0.25) is 0 Å². The molecule has 0 N–H and O–H groups in total. The zero-order valence-electron chi connectivity index (χ0n) is 11.3. The van der Waals surface area contributed by atoms with E-state index in [0.717, 1.165) is 29.6 Å². The van der Waals surface area contributed by atoms with E-state index in [4.69, 9.17) is 0 Å². The summed E-state index contributed by atoms with van der Waals surface area (Å²) >= 11 is 0. The van der Waals surface area contributed by atoms with Crippen LogP contribution in [0.25, 0.3) is 0 Å². The average Bonchev–Trinajstić information content (AvgIpc) is 2.11. The lowest BCUT2D eigenvalue weighted by Gasteiger charge is -2.36. The Morgan fingerprint density at radius 1 is 0.714 bits per heavy atom. The van der Waals surface area contributed by atoms with Gasteiger partial charge in [0, 0.05) is 0 Å².